The molecule has 7 heteroatoms. The number of likely N-dealkylation sites (tertiary alicyclic amines) is 1. The van der Waals surface area contributed by atoms with E-state index in [0.29, 0.717) is 47.7 Å². The fourth-order valence-electron chi connectivity index (χ4n) is 2.96. The standard InChI is InChI=1S/C15H16BrNO5/c1-8-10(15(19)20)2-3-17(8)14(18)9-6-11(16)13-12(7-9)21-4-5-22-13/h6-8,10H,2-5H2,1H3,(H,19,20). The minimum Gasteiger partial charge on any atom is -0.486 e. The van der Waals surface area contributed by atoms with Crippen LogP contribution in [-0.4, -0.2) is 47.7 Å². The molecule has 1 amide bonds. The lowest BCUT2D eigenvalue weighted by molar-refractivity contribution is -0.142. The minimum atomic E-state index is -0.855. The third kappa shape index (κ3) is 2.54. The van der Waals surface area contributed by atoms with Gasteiger partial charge in [0.15, 0.2) is 11.5 Å². The van der Waals surface area contributed by atoms with Gasteiger partial charge in [-0.3, -0.25) is 9.59 Å². The quantitative estimate of drug-likeness (QED) is 0.864. The van der Waals surface area contributed by atoms with Crippen molar-refractivity contribution in [1.29, 1.82) is 0 Å². The van der Waals surface area contributed by atoms with Gasteiger partial charge in [0, 0.05) is 18.2 Å². The van der Waals surface area contributed by atoms with Crippen molar-refractivity contribution in [3.63, 3.8) is 0 Å². The average Bonchev–Trinajstić information content (AvgIpc) is 2.88. The van der Waals surface area contributed by atoms with Gasteiger partial charge in [-0.05, 0) is 41.4 Å². The number of benzene rings is 1. The number of carbonyl (C=O) groups is 2. The summed E-state index contributed by atoms with van der Waals surface area (Å²) >= 11 is 3.39. The van der Waals surface area contributed by atoms with Gasteiger partial charge in [0.05, 0.1) is 10.4 Å². The molecule has 3 rings (SSSR count). The highest BCUT2D eigenvalue weighted by atomic mass is 79.9. The number of hydrogen-bond acceptors (Lipinski definition) is 4. The van der Waals surface area contributed by atoms with Crippen molar-refractivity contribution in [3.8, 4) is 11.5 Å². The molecule has 118 valence electrons. The number of carboxylic acids is 1. The predicted molar refractivity (Wildman–Crippen MR) is 81.4 cm³/mol. The SMILES string of the molecule is CC1C(C(=O)O)CCN1C(=O)c1cc(Br)c2c(c1)OCCO2. The van der Waals surface area contributed by atoms with Gasteiger partial charge in [0.2, 0.25) is 0 Å². The minimum absolute atomic E-state index is 0.186. The van der Waals surface area contributed by atoms with E-state index < -0.39 is 11.9 Å². The van der Waals surface area contributed by atoms with Crippen molar-refractivity contribution in [2.45, 2.75) is 19.4 Å². The Kier molecular flexibility index (Phi) is 3.99. The van der Waals surface area contributed by atoms with Gasteiger partial charge in [0.1, 0.15) is 13.2 Å². The van der Waals surface area contributed by atoms with Crippen molar-refractivity contribution < 1.29 is 24.2 Å². The summed E-state index contributed by atoms with van der Waals surface area (Å²) in [6, 6.07) is 3.02. The van der Waals surface area contributed by atoms with Crippen LogP contribution in [0.3, 0.4) is 0 Å². The number of aliphatic carboxylic acids is 1. The van der Waals surface area contributed by atoms with Crippen LogP contribution in [0.1, 0.15) is 23.7 Å². The molecule has 0 bridgehead atoms. The Hall–Kier alpha value is -1.76. The van der Waals surface area contributed by atoms with Crippen LogP contribution in [-0.2, 0) is 4.79 Å². The normalized spacial score (nSPS) is 23.5. The Labute approximate surface area is 136 Å². The van der Waals surface area contributed by atoms with Crippen LogP contribution < -0.4 is 9.47 Å². The largest absolute Gasteiger partial charge is 0.486 e. The summed E-state index contributed by atoms with van der Waals surface area (Å²) in [5.74, 6) is -0.420. The fourth-order valence-corrected chi connectivity index (χ4v) is 3.51. The van der Waals surface area contributed by atoms with Gasteiger partial charge in [-0.25, -0.2) is 0 Å². The highest BCUT2D eigenvalue weighted by molar-refractivity contribution is 9.10. The van der Waals surface area contributed by atoms with Gasteiger partial charge in [-0.1, -0.05) is 0 Å². The molecule has 0 radical (unpaired) electrons. The fraction of sp³-hybridized carbons (Fsp3) is 0.467. The molecule has 2 unspecified atom stereocenters. The maximum atomic E-state index is 12.7. The van der Waals surface area contributed by atoms with Crippen molar-refractivity contribution in [2.75, 3.05) is 19.8 Å². The number of halogens is 1. The molecule has 2 aliphatic heterocycles. The third-order valence-corrected chi connectivity index (χ3v) is 4.77. The van der Waals surface area contributed by atoms with Gasteiger partial charge in [-0.2, -0.15) is 0 Å². The first-order chi connectivity index (χ1) is 10.5. The first-order valence-corrected chi connectivity index (χ1v) is 7.91. The van der Waals surface area contributed by atoms with Gasteiger partial charge in [0.25, 0.3) is 5.91 Å². The lowest BCUT2D eigenvalue weighted by Gasteiger charge is -2.25. The summed E-state index contributed by atoms with van der Waals surface area (Å²) in [6.07, 6.45) is 0.480. The number of hydrogen-bond donors (Lipinski definition) is 1. The molecule has 2 aliphatic rings. The van der Waals surface area contributed by atoms with Crippen LogP contribution in [0, 0.1) is 5.92 Å². The smallest absolute Gasteiger partial charge is 0.308 e. The predicted octanol–water partition coefficient (Wildman–Crippen LogP) is 2.16. The number of ether oxygens (including phenoxy) is 2. The molecule has 1 saturated heterocycles. The Bertz CT molecular complexity index is 633. The monoisotopic (exact) mass is 369 g/mol. The van der Waals surface area contributed by atoms with E-state index in [-0.39, 0.29) is 11.9 Å². The number of fused-ring (bicyclic) bond motifs is 1. The van der Waals surface area contributed by atoms with E-state index >= 15 is 0 Å². The molecule has 0 saturated carbocycles. The van der Waals surface area contributed by atoms with Crippen LogP contribution in [0.4, 0.5) is 0 Å². The Morgan fingerprint density at radius 2 is 2.05 bits per heavy atom. The van der Waals surface area contributed by atoms with E-state index in [2.05, 4.69) is 15.9 Å². The van der Waals surface area contributed by atoms with Gasteiger partial charge in [-0.15, -0.1) is 0 Å². The molecule has 1 aromatic rings. The second-order valence-electron chi connectivity index (χ2n) is 5.45. The van der Waals surface area contributed by atoms with Crippen LogP contribution >= 0.6 is 15.9 Å². The average molecular weight is 370 g/mol. The zero-order valence-electron chi connectivity index (χ0n) is 12.0. The molecule has 6 nitrogen and oxygen atoms in total. The zero-order valence-corrected chi connectivity index (χ0v) is 13.6. The van der Waals surface area contributed by atoms with Crippen molar-refractivity contribution in [1.82, 2.24) is 4.90 Å². The van der Waals surface area contributed by atoms with Crippen molar-refractivity contribution in [2.24, 2.45) is 5.92 Å². The first kappa shape index (κ1) is 15.1. The Balaban J connectivity index is 1.87. The molecule has 0 spiro atoms. The third-order valence-electron chi connectivity index (χ3n) is 4.18. The second kappa shape index (κ2) is 5.79. The summed E-state index contributed by atoms with van der Waals surface area (Å²) in [7, 11) is 0. The molecule has 1 fully saturated rings. The summed E-state index contributed by atoms with van der Waals surface area (Å²) in [4.78, 5) is 25.5. The molecule has 1 aromatic carbocycles. The number of carboxylic acid groups (broad SMARTS) is 1. The molecule has 0 aliphatic carbocycles. The van der Waals surface area contributed by atoms with E-state index in [9.17, 15) is 14.7 Å². The van der Waals surface area contributed by atoms with Crippen LogP contribution in [0.5, 0.6) is 11.5 Å². The van der Waals surface area contributed by atoms with Crippen LogP contribution in [0.25, 0.3) is 0 Å². The molecular formula is C15H16BrNO5. The lowest BCUT2D eigenvalue weighted by atomic mass is 10.0. The number of carbonyl (C=O) groups excluding carboxylic acids is 1. The number of rotatable bonds is 2. The van der Waals surface area contributed by atoms with Gasteiger partial charge >= 0.3 is 5.97 Å². The van der Waals surface area contributed by atoms with Gasteiger partial charge < -0.3 is 19.5 Å². The summed E-state index contributed by atoms with van der Waals surface area (Å²) < 4.78 is 11.7. The number of nitrogens with zero attached hydrogens (tertiary/aromatic N) is 1. The van der Waals surface area contributed by atoms with E-state index in [0.717, 1.165) is 0 Å². The Morgan fingerprint density at radius 3 is 2.73 bits per heavy atom. The first-order valence-electron chi connectivity index (χ1n) is 7.12. The molecule has 0 aromatic heterocycles. The van der Waals surface area contributed by atoms with Crippen molar-refractivity contribution >= 4 is 27.8 Å². The molecule has 2 atom stereocenters. The summed E-state index contributed by atoms with van der Waals surface area (Å²) in [6.45, 7) is 3.14. The maximum absolute atomic E-state index is 12.7. The summed E-state index contributed by atoms with van der Waals surface area (Å²) in [5.41, 5.74) is 0.467. The van der Waals surface area contributed by atoms with E-state index in [1.807, 2.05) is 0 Å². The molecule has 1 N–H and O–H groups in total. The molecule has 22 heavy (non-hydrogen) atoms. The maximum Gasteiger partial charge on any atom is 0.308 e. The molecular weight excluding hydrogens is 354 g/mol. The van der Waals surface area contributed by atoms with E-state index in [1.165, 1.54) is 0 Å². The molecule has 2 heterocycles. The summed E-state index contributed by atoms with van der Waals surface area (Å²) in [5, 5.41) is 9.17. The topological polar surface area (TPSA) is 76.1 Å². The van der Waals surface area contributed by atoms with Crippen LogP contribution in [0.15, 0.2) is 16.6 Å². The highest BCUT2D eigenvalue weighted by Crippen LogP contribution is 2.39. The van der Waals surface area contributed by atoms with Crippen LogP contribution in [0.2, 0.25) is 0 Å². The van der Waals surface area contributed by atoms with Crippen molar-refractivity contribution in [3.05, 3.63) is 22.2 Å². The lowest BCUT2D eigenvalue weighted by Crippen LogP contribution is -2.37. The number of amides is 1. The second-order valence-corrected chi connectivity index (χ2v) is 6.31. The zero-order chi connectivity index (χ0) is 15.9. The Morgan fingerprint density at radius 1 is 1.32 bits per heavy atom. The van der Waals surface area contributed by atoms with E-state index in [1.54, 1.807) is 24.0 Å². The highest BCUT2D eigenvalue weighted by Gasteiger charge is 2.38. The van der Waals surface area contributed by atoms with E-state index in [4.69, 9.17) is 9.47 Å².